The van der Waals surface area contributed by atoms with Gasteiger partial charge in [0.2, 0.25) is 0 Å². The predicted octanol–water partition coefficient (Wildman–Crippen LogP) is 2.14. The Hall–Kier alpha value is -1.68. The first-order valence-corrected chi connectivity index (χ1v) is 6.03. The van der Waals surface area contributed by atoms with E-state index in [1.807, 2.05) is 24.7 Å². The van der Waals surface area contributed by atoms with Crippen molar-refractivity contribution in [2.24, 2.45) is 0 Å². The highest BCUT2D eigenvalue weighted by Gasteiger charge is 2.24. The summed E-state index contributed by atoms with van der Waals surface area (Å²) >= 11 is 0. The first kappa shape index (κ1) is 10.5. The number of pyridine rings is 1. The topological polar surface area (TPSA) is 53.6 Å². The lowest BCUT2D eigenvalue weighted by molar-refractivity contribution is 0.458. The van der Waals surface area contributed by atoms with Gasteiger partial charge in [-0.1, -0.05) is 6.07 Å². The Morgan fingerprint density at radius 1 is 1.53 bits per heavy atom. The van der Waals surface area contributed by atoms with Gasteiger partial charge in [-0.05, 0) is 31.4 Å². The summed E-state index contributed by atoms with van der Waals surface area (Å²) < 4.78 is 0. The van der Waals surface area contributed by atoms with Crippen LogP contribution in [0.5, 0.6) is 0 Å². The van der Waals surface area contributed by atoms with E-state index in [0.717, 1.165) is 12.8 Å². The summed E-state index contributed by atoms with van der Waals surface area (Å²) in [5.41, 5.74) is 3.78. The molecule has 2 atom stereocenters. The largest absolute Gasteiger partial charge is 0.302 e. The van der Waals surface area contributed by atoms with Gasteiger partial charge in [0.05, 0.1) is 17.9 Å². The normalized spacial score (nSPS) is 20.2. The molecular formula is C13H16N4. The number of nitrogens with one attached hydrogen (secondary N) is 2. The third kappa shape index (κ3) is 1.96. The van der Waals surface area contributed by atoms with Gasteiger partial charge in [-0.25, -0.2) is 0 Å². The van der Waals surface area contributed by atoms with Crippen LogP contribution in [0.4, 0.5) is 0 Å². The van der Waals surface area contributed by atoms with Crippen LogP contribution >= 0.6 is 0 Å². The minimum absolute atomic E-state index is 0.298. The van der Waals surface area contributed by atoms with Crippen molar-refractivity contribution in [3.8, 4) is 0 Å². The van der Waals surface area contributed by atoms with Crippen molar-refractivity contribution in [1.82, 2.24) is 20.5 Å². The van der Waals surface area contributed by atoms with E-state index in [1.54, 1.807) is 0 Å². The smallest absolute Gasteiger partial charge is 0.0605 e. The highest BCUT2D eigenvalue weighted by molar-refractivity contribution is 5.28. The maximum atomic E-state index is 4.49. The monoisotopic (exact) mass is 228 g/mol. The summed E-state index contributed by atoms with van der Waals surface area (Å²) in [5.74, 6) is 0. The van der Waals surface area contributed by atoms with Crippen molar-refractivity contribution < 1.29 is 0 Å². The molecule has 2 heterocycles. The van der Waals surface area contributed by atoms with Crippen LogP contribution < -0.4 is 5.32 Å². The van der Waals surface area contributed by atoms with Gasteiger partial charge in [-0.3, -0.25) is 10.1 Å². The molecule has 1 aliphatic rings. The number of hydrogen-bond donors (Lipinski definition) is 2. The first-order valence-electron chi connectivity index (χ1n) is 6.03. The minimum atomic E-state index is 0.298. The molecule has 0 spiro atoms. The number of aromatic amines is 1. The zero-order valence-electron chi connectivity index (χ0n) is 9.85. The van der Waals surface area contributed by atoms with Crippen molar-refractivity contribution in [1.29, 1.82) is 0 Å². The second kappa shape index (κ2) is 4.30. The molecule has 0 bridgehead atoms. The molecule has 2 unspecified atom stereocenters. The van der Waals surface area contributed by atoms with Gasteiger partial charge >= 0.3 is 0 Å². The average molecular weight is 228 g/mol. The molecule has 0 aromatic carbocycles. The molecular weight excluding hydrogens is 212 g/mol. The molecule has 4 heteroatoms. The number of H-pyrrole nitrogens is 1. The molecule has 3 rings (SSSR count). The molecule has 1 aliphatic carbocycles. The maximum Gasteiger partial charge on any atom is 0.0605 e. The molecule has 0 fully saturated rings. The van der Waals surface area contributed by atoms with E-state index in [1.165, 1.54) is 16.8 Å². The van der Waals surface area contributed by atoms with Gasteiger partial charge < -0.3 is 5.32 Å². The molecule has 2 aromatic heterocycles. The zero-order valence-corrected chi connectivity index (χ0v) is 9.85. The van der Waals surface area contributed by atoms with Crippen LogP contribution in [0.2, 0.25) is 0 Å². The second-order valence-electron chi connectivity index (χ2n) is 4.56. The zero-order chi connectivity index (χ0) is 11.7. The molecule has 2 aromatic rings. The summed E-state index contributed by atoms with van der Waals surface area (Å²) in [4.78, 5) is 4.49. The van der Waals surface area contributed by atoms with Crippen LogP contribution in [0.1, 0.15) is 42.2 Å². The van der Waals surface area contributed by atoms with E-state index >= 15 is 0 Å². The van der Waals surface area contributed by atoms with Crippen molar-refractivity contribution in [2.75, 3.05) is 0 Å². The van der Waals surface area contributed by atoms with Crippen LogP contribution in [0.25, 0.3) is 0 Å². The molecule has 0 aliphatic heterocycles. The molecule has 17 heavy (non-hydrogen) atoms. The first-order chi connectivity index (χ1) is 8.34. The fourth-order valence-electron chi connectivity index (χ4n) is 2.47. The number of fused-ring (bicyclic) bond motifs is 1. The summed E-state index contributed by atoms with van der Waals surface area (Å²) in [6, 6.07) is 4.86. The molecule has 0 saturated heterocycles. The molecule has 2 N–H and O–H groups in total. The fourth-order valence-corrected chi connectivity index (χ4v) is 2.47. The average Bonchev–Trinajstić information content (AvgIpc) is 2.98. The van der Waals surface area contributed by atoms with Gasteiger partial charge in [0.1, 0.15) is 0 Å². The lowest BCUT2D eigenvalue weighted by Gasteiger charge is -2.18. The Kier molecular flexibility index (Phi) is 2.65. The SMILES string of the molecule is CC(NC1CCc2cccnc21)c1cn[nH]c1. The summed E-state index contributed by atoms with van der Waals surface area (Å²) in [6.45, 7) is 2.16. The molecule has 0 saturated carbocycles. The number of nitrogens with zero attached hydrogens (tertiary/aromatic N) is 2. The Balaban J connectivity index is 1.75. The maximum absolute atomic E-state index is 4.49. The van der Waals surface area contributed by atoms with Gasteiger partial charge in [0.25, 0.3) is 0 Å². The summed E-state index contributed by atoms with van der Waals surface area (Å²) in [6.07, 6.45) is 7.94. The van der Waals surface area contributed by atoms with E-state index in [0.29, 0.717) is 12.1 Å². The van der Waals surface area contributed by atoms with Crippen LogP contribution in [0.3, 0.4) is 0 Å². The quantitative estimate of drug-likeness (QED) is 0.846. The van der Waals surface area contributed by atoms with E-state index in [-0.39, 0.29) is 0 Å². The lowest BCUT2D eigenvalue weighted by atomic mass is 10.1. The molecule has 0 amide bonds. The number of aryl methyl sites for hydroxylation is 1. The van der Waals surface area contributed by atoms with Crippen LogP contribution in [-0.2, 0) is 6.42 Å². The molecule has 4 nitrogen and oxygen atoms in total. The van der Waals surface area contributed by atoms with Gasteiger partial charge in [-0.15, -0.1) is 0 Å². The Morgan fingerprint density at radius 2 is 2.47 bits per heavy atom. The fraction of sp³-hybridized carbons (Fsp3) is 0.385. The van der Waals surface area contributed by atoms with E-state index < -0.39 is 0 Å². The predicted molar refractivity (Wildman–Crippen MR) is 65.4 cm³/mol. The van der Waals surface area contributed by atoms with Crippen LogP contribution in [-0.4, -0.2) is 15.2 Å². The van der Waals surface area contributed by atoms with Crippen molar-refractivity contribution in [3.05, 3.63) is 47.5 Å². The van der Waals surface area contributed by atoms with E-state index in [2.05, 4.69) is 33.5 Å². The van der Waals surface area contributed by atoms with Gasteiger partial charge in [-0.2, -0.15) is 5.10 Å². The van der Waals surface area contributed by atoms with Gasteiger partial charge in [0.15, 0.2) is 0 Å². The van der Waals surface area contributed by atoms with Crippen molar-refractivity contribution in [2.45, 2.75) is 31.8 Å². The highest BCUT2D eigenvalue weighted by atomic mass is 15.1. The van der Waals surface area contributed by atoms with Gasteiger partial charge in [0, 0.05) is 24.0 Å². The Bertz CT molecular complexity index is 492. The Labute approximate surface area is 100 Å². The molecule has 0 radical (unpaired) electrons. The minimum Gasteiger partial charge on any atom is -0.302 e. The standard InChI is InChI=1S/C13H16N4/c1-9(11-7-15-16-8-11)17-12-5-4-10-3-2-6-14-13(10)12/h2-3,6-9,12,17H,4-5H2,1H3,(H,15,16). The highest BCUT2D eigenvalue weighted by Crippen LogP contribution is 2.30. The van der Waals surface area contributed by atoms with Crippen molar-refractivity contribution >= 4 is 0 Å². The third-order valence-electron chi connectivity index (χ3n) is 3.43. The van der Waals surface area contributed by atoms with Crippen LogP contribution in [0.15, 0.2) is 30.7 Å². The van der Waals surface area contributed by atoms with Crippen molar-refractivity contribution in [3.63, 3.8) is 0 Å². The number of rotatable bonds is 3. The van der Waals surface area contributed by atoms with Crippen LogP contribution in [0, 0.1) is 0 Å². The number of aromatic nitrogens is 3. The second-order valence-corrected chi connectivity index (χ2v) is 4.56. The van der Waals surface area contributed by atoms with E-state index in [4.69, 9.17) is 0 Å². The summed E-state index contributed by atoms with van der Waals surface area (Å²) in [7, 11) is 0. The third-order valence-corrected chi connectivity index (χ3v) is 3.43. The summed E-state index contributed by atoms with van der Waals surface area (Å²) in [5, 5.41) is 10.4. The Morgan fingerprint density at radius 3 is 3.29 bits per heavy atom. The molecule has 88 valence electrons. The number of hydrogen-bond acceptors (Lipinski definition) is 3. The lowest BCUT2D eigenvalue weighted by Crippen LogP contribution is -2.23. The van der Waals surface area contributed by atoms with E-state index in [9.17, 15) is 0 Å².